The monoisotopic (exact) mass is 259 g/mol. The van der Waals surface area contributed by atoms with Crippen molar-refractivity contribution in [2.24, 2.45) is 0 Å². The van der Waals surface area contributed by atoms with E-state index in [1.54, 1.807) is 13.3 Å². The number of aromatic amines is 1. The van der Waals surface area contributed by atoms with Crippen molar-refractivity contribution in [3.05, 3.63) is 30.5 Å². The van der Waals surface area contributed by atoms with Crippen LogP contribution in [0.1, 0.15) is 0 Å². The Bertz CT molecular complexity index is 530. The molecule has 0 amide bonds. The number of nitrogens with zero attached hydrogens (tertiary/aromatic N) is 2. The number of morpholine rings is 1. The number of aromatic nitrogens is 2. The fourth-order valence-electron chi connectivity index (χ4n) is 2.30. The topological polar surface area (TPSA) is 50.4 Å². The first-order valence-electron chi connectivity index (χ1n) is 6.39. The number of hydrogen-bond acceptors (Lipinski definition) is 4. The summed E-state index contributed by atoms with van der Waals surface area (Å²) in [5, 5.41) is 6.97. The molecule has 5 nitrogen and oxygen atoms in total. The minimum absolute atomic E-state index is 0.763. The largest absolute Gasteiger partial charge is 0.493 e. The van der Waals surface area contributed by atoms with Gasteiger partial charge in [-0.15, -0.1) is 0 Å². The summed E-state index contributed by atoms with van der Waals surface area (Å²) in [7, 11) is 1.65. The highest BCUT2D eigenvalue weighted by atomic mass is 16.5. The van der Waals surface area contributed by atoms with Crippen LogP contribution in [0.5, 0.6) is 5.75 Å². The zero-order chi connectivity index (χ0) is 13.1. The zero-order valence-electron chi connectivity index (χ0n) is 10.9. The van der Waals surface area contributed by atoms with Crippen LogP contribution in [0.4, 0.5) is 5.69 Å². The fourth-order valence-corrected chi connectivity index (χ4v) is 2.30. The molecular weight excluding hydrogens is 242 g/mol. The lowest BCUT2D eigenvalue weighted by molar-refractivity contribution is 0.122. The Morgan fingerprint density at radius 3 is 2.63 bits per heavy atom. The molecule has 2 aromatic rings. The van der Waals surface area contributed by atoms with E-state index >= 15 is 0 Å². The first-order chi connectivity index (χ1) is 9.38. The summed E-state index contributed by atoms with van der Waals surface area (Å²) in [6, 6.07) is 8.42. The van der Waals surface area contributed by atoms with Gasteiger partial charge in [0.2, 0.25) is 0 Å². The molecule has 0 spiro atoms. The Morgan fingerprint density at radius 2 is 1.95 bits per heavy atom. The van der Waals surface area contributed by atoms with E-state index in [1.165, 1.54) is 5.69 Å². The summed E-state index contributed by atoms with van der Waals surface area (Å²) in [5.74, 6) is 0.763. The van der Waals surface area contributed by atoms with Crippen molar-refractivity contribution in [2.75, 3.05) is 38.3 Å². The maximum atomic E-state index is 5.36. The number of rotatable bonds is 3. The van der Waals surface area contributed by atoms with E-state index in [2.05, 4.69) is 39.4 Å². The van der Waals surface area contributed by atoms with Crippen LogP contribution in [0, 0.1) is 0 Å². The normalized spacial score (nSPS) is 15.5. The SMILES string of the molecule is COc1cn[nH]c1-c1ccc(N2CCOCC2)cc1. The summed E-state index contributed by atoms with van der Waals surface area (Å²) in [4.78, 5) is 2.33. The summed E-state index contributed by atoms with van der Waals surface area (Å²) in [5.41, 5.74) is 3.22. The molecule has 1 aliphatic rings. The zero-order valence-corrected chi connectivity index (χ0v) is 10.9. The van der Waals surface area contributed by atoms with Gasteiger partial charge >= 0.3 is 0 Å². The highest BCUT2D eigenvalue weighted by molar-refractivity contribution is 5.68. The first kappa shape index (κ1) is 12.0. The van der Waals surface area contributed by atoms with Crippen molar-refractivity contribution in [3.63, 3.8) is 0 Å². The van der Waals surface area contributed by atoms with Crippen LogP contribution in [0.15, 0.2) is 30.5 Å². The molecule has 0 aliphatic carbocycles. The predicted octanol–water partition coefficient (Wildman–Crippen LogP) is 1.92. The van der Waals surface area contributed by atoms with Crippen molar-refractivity contribution < 1.29 is 9.47 Å². The molecule has 3 rings (SSSR count). The maximum Gasteiger partial charge on any atom is 0.164 e. The summed E-state index contributed by atoms with van der Waals surface area (Å²) in [6.45, 7) is 3.51. The van der Waals surface area contributed by atoms with Gasteiger partial charge in [0.1, 0.15) is 5.69 Å². The molecule has 5 heteroatoms. The molecule has 0 bridgehead atoms. The number of hydrogen-bond donors (Lipinski definition) is 1. The molecular formula is C14H17N3O2. The minimum atomic E-state index is 0.763. The summed E-state index contributed by atoms with van der Waals surface area (Å²) < 4.78 is 10.6. The van der Waals surface area contributed by atoms with E-state index in [0.717, 1.165) is 43.3 Å². The lowest BCUT2D eigenvalue weighted by Gasteiger charge is -2.28. The molecule has 1 N–H and O–H groups in total. The van der Waals surface area contributed by atoms with Crippen LogP contribution in [-0.4, -0.2) is 43.6 Å². The van der Waals surface area contributed by atoms with Gasteiger partial charge in [-0.1, -0.05) is 12.1 Å². The van der Waals surface area contributed by atoms with Crippen molar-refractivity contribution in [3.8, 4) is 17.0 Å². The molecule has 0 atom stereocenters. The third kappa shape index (κ3) is 2.42. The number of anilines is 1. The minimum Gasteiger partial charge on any atom is -0.493 e. The number of ether oxygens (including phenoxy) is 2. The molecule has 0 saturated carbocycles. The molecule has 0 unspecified atom stereocenters. The average Bonchev–Trinajstić information content (AvgIpc) is 2.97. The van der Waals surface area contributed by atoms with Crippen LogP contribution < -0.4 is 9.64 Å². The van der Waals surface area contributed by atoms with Crippen molar-refractivity contribution in [2.45, 2.75) is 0 Å². The Morgan fingerprint density at radius 1 is 1.21 bits per heavy atom. The van der Waals surface area contributed by atoms with Crippen LogP contribution >= 0.6 is 0 Å². The van der Waals surface area contributed by atoms with E-state index in [1.807, 2.05) is 0 Å². The number of methoxy groups -OCH3 is 1. The molecule has 1 fully saturated rings. The van der Waals surface area contributed by atoms with Gasteiger partial charge < -0.3 is 14.4 Å². The summed E-state index contributed by atoms with van der Waals surface area (Å²) in [6.07, 6.45) is 1.69. The molecule has 1 saturated heterocycles. The molecule has 19 heavy (non-hydrogen) atoms. The molecule has 100 valence electrons. The Hall–Kier alpha value is -2.01. The maximum absolute atomic E-state index is 5.36. The van der Waals surface area contributed by atoms with Gasteiger partial charge in [-0.05, 0) is 12.1 Å². The highest BCUT2D eigenvalue weighted by Gasteiger charge is 2.12. The first-order valence-corrected chi connectivity index (χ1v) is 6.39. The van der Waals surface area contributed by atoms with Gasteiger partial charge in [-0.2, -0.15) is 5.10 Å². The van der Waals surface area contributed by atoms with Gasteiger partial charge in [0.15, 0.2) is 5.75 Å². The number of H-pyrrole nitrogens is 1. The van der Waals surface area contributed by atoms with E-state index in [0.29, 0.717) is 0 Å². The smallest absolute Gasteiger partial charge is 0.164 e. The second kappa shape index (κ2) is 5.32. The van der Waals surface area contributed by atoms with E-state index in [-0.39, 0.29) is 0 Å². The van der Waals surface area contributed by atoms with Crippen LogP contribution in [-0.2, 0) is 4.74 Å². The van der Waals surface area contributed by atoms with E-state index < -0.39 is 0 Å². The van der Waals surface area contributed by atoms with Crippen molar-refractivity contribution >= 4 is 5.69 Å². The Labute approximate surface area is 112 Å². The average molecular weight is 259 g/mol. The molecule has 0 radical (unpaired) electrons. The van der Waals surface area contributed by atoms with Gasteiger partial charge in [-0.3, -0.25) is 5.10 Å². The quantitative estimate of drug-likeness (QED) is 0.915. The van der Waals surface area contributed by atoms with Crippen LogP contribution in [0.3, 0.4) is 0 Å². The Kier molecular flexibility index (Phi) is 3.37. The van der Waals surface area contributed by atoms with Gasteiger partial charge in [0.25, 0.3) is 0 Å². The van der Waals surface area contributed by atoms with E-state index in [9.17, 15) is 0 Å². The molecule has 2 heterocycles. The van der Waals surface area contributed by atoms with E-state index in [4.69, 9.17) is 9.47 Å². The predicted molar refractivity (Wildman–Crippen MR) is 73.6 cm³/mol. The van der Waals surface area contributed by atoms with Gasteiger partial charge in [-0.25, -0.2) is 0 Å². The number of benzene rings is 1. The third-order valence-electron chi connectivity index (χ3n) is 3.36. The standard InChI is InChI=1S/C14H17N3O2/c1-18-13-10-15-16-14(13)11-2-4-12(5-3-11)17-6-8-19-9-7-17/h2-5,10H,6-9H2,1H3,(H,15,16). The molecule has 1 aromatic heterocycles. The third-order valence-corrected chi connectivity index (χ3v) is 3.36. The number of nitrogens with one attached hydrogen (secondary N) is 1. The molecule has 1 aromatic carbocycles. The Balaban J connectivity index is 1.82. The second-order valence-electron chi connectivity index (χ2n) is 4.46. The lowest BCUT2D eigenvalue weighted by Crippen LogP contribution is -2.36. The van der Waals surface area contributed by atoms with Crippen LogP contribution in [0.25, 0.3) is 11.3 Å². The fraction of sp³-hybridized carbons (Fsp3) is 0.357. The van der Waals surface area contributed by atoms with Crippen LogP contribution in [0.2, 0.25) is 0 Å². The second-order valence-corrected chi connectivity index (χ2v) is 4.46. The molecule has 1 aliphatic heterocycles. The highest BCUT2D eigenvalue weighted by Crippen LogP contribution is 2.28. The van der Waals surface area contributed by atoms with Gasteiger partial charge in [0.05, 0.1) is 26.5 Å². The van der Waals surface area contributed by atoms with Gasteiger partial charge in [0, 0.05) is 24.3 Å². The summed E-state index contributed by atoms with van der Waals surface area (Å²) >= 11 is 0. The van der Waals surface area contributed by atoms with Crippen molar-refractivity contribution in [1.29, 1.82) is 0 Å². The van der Waals surface area contributed by atoms with Crippen molar-refractivity contribution in [1.82, 2.24) is 10.2 Å². The lowest BCUT2D eigenvalue weighted by atomic mass is 10.1.